The zero-order valence-electron chi connectivity index (χ0n) is 11.7. The molecule has 9 heteroatoms. The SMILES string of the molecule is CCc1nn(C)c(N2CCS(=O)(=O)[C@H](C)C2)c1[N+](=O)[O-]. The molecule has 0 bridgehead atoms. The Bertz CT molecular complexity index is 637. The van der Waals surface area contributed by atoms with E-state index in [0.717, 1.165) is 0 Å². The van der Waals surface area contributed by atoms with Crippen molar-refractivity contribution in [3.63, 3.8) is 0 Å². The van der Waals surface area contributed by atoms with Crippen LogP contribution in [0.15, 0.2) is 0 Å². The maximum absolute atomic E-state index is 11.7. The highest BCUT2D eigenvalue weighted by Crippen LogP contribution is 2.33. The van der Waals surface area contributed by atoms with Crippen molar-refractivity contribution in [1.29, 1.82) is 0 Å². The topological polar surface area (TPSA) is 98.3 Å². The maximum atomic E-state index is 11.7. The van der Waals surface area contributed by atoms with E-state index in [9.17, 15) is 18.5 Å². The molecule has 8 nitrogen and oxygen atoms in total. The number of aryl methyl sites for hydroxylation is 2. The lowest BCUT2D eigenvalue weighted by Gasteiger charge is -2.31. The zero-order chi connectivity index (χ0) is 15.1. The van der Waals surface area contributed by atoms with Crippen LogP contribution in [-0.2, 0) is 23.3 Å². The van der Waals surface area contributed by atoms with E-state index in [1.165, 1.54) is 4.68 Å². The van der Waals surface area contributed by atoms with E-state index in [2.05, 4.69) is 5.10 Å². The predicted octanol–water partition coefficient (Wildman–Crippen LogP) is 0.514. The number of nitrogens with zero attached hydrogens (tertiary/aromatic N) is 4. The minimum Gasteiger partial charge on any atom is -0.349 e. The van der Waals surface area contributed by atoms with Gasteiger partial charge in [-0.25, -0.2) is 13.1 Å². The third-order valence-corrected chi connectivity index (χ3v) is 5.74. The van der Waals surface area contributed by atoms with Gasteiger partial charge in [-0.2, -0.15) is 5.10 Å². The van der Waals surface area contributed by atoms with Crippen LogP contribution in [0.1, 0.15) is 19.5 Å². The Morgan fingerprint density at radius 2 is 2.15 bits per heavy atom. The van der Waals surface area contributed by atoms with Gasteiger partial charge >= 0.3 is 5.69 Å². The average Bonchev–Trinajstić information content (AvgIpc) is 2.70. The van der Waals surface area contributed by atoms with Crippen LogP contribution in [0.5, 0.6) is 0 Å². The molecule has 0 amide bonds. The first-order valence-electron chi connectivity index (χ1n) is 6.44. The van der Waals surface area contributed by atoms with E-state index < -0.39 is 20.0 Å². The van der Waals surface area contributed by atoms with Gasteiger partial charge in [0.2, 0.25) is 5.82 Å². The lowest BCUT2D eigenvalue weighted by Crippen LogP contribution is -2.46. The molecule has 0 N–H and O–H groups in total. The molecule has 1 fully saturated rings. The van der Waals surface area contributed by atoms with Crippen molar-refractivity contribution < 1.29 is 13.3 Å². The summed E-state index contributed by atoms with van der Waals surface area (Å²) in [6.07, 6.45) is 0.464. The van der Waals surface area contributed by atoms with Crippen LogP contribution in [0.25, 0.3) is 0 Å². The van der Waals surface area contributed by atoms with Crippen LogP contribution in [0.2, 0.25) is 0 Å². The van der Waals surface area contributed by atoms with Crippen molar-refractivity contribution in [1.82, 2.24) is 9.78 Å². The first kappa shape index (κ1) is 14.8. The maximum Gasteiger partial charge on any atom is 0.334 e. The Balaban J connectivity index is 2.44. The molecule has 0 aliphatic carbocycles. The smallest absolute Gasteiger partial charge is 0.334 e. The molecule has 1 atom stereocenters. The highest BCUT2D eigenvalue weighted by Gasteiger charge is 2.36. The van der Waals surface area contributed by atoms with Crippen LogP contribution < -0.4 is 4.90 Å². The normalized spacial score (nSPS) is 21.9. The third kappa shape index (κ3) is 2.37. The van der Waals surface area contributed by atoms with Gasteiger partial charge in [0.05, 0.1) is 15.9 Å². The van der Waals surface area contributed by atoms with Gasteiger partial charge in [-0.3, -0.25) is 10.1 Å². The Hall–Kier alpha value is -1.64. The van der Waals surface area contributed by atoms with Gasteiger partial charge in [-0.15, -0.1) is 0 Å². The molecule has 1 aromatic heterocycles. The van der Waals surface area contributed by atoms with E-state index in [0.29, 0.717) is 17.9 Å². The van der Waals surface area contributed by atoms with Gasteiger partial charge < -0.3 is 4.90 Å². The number of rotatable bonds is 3. The molecule has 2 heterocycles. The number of hydrogen-bond donors (Lipinski definition) is 0. The van der Waals surface area contributed by atoms with E-state index in [4.69, 9.17) is 0 Å². The highest BCUT2D eigenvalue weighted by atomic mass is 32.2. The van der Waals surface area contributed by atoms with Gasteiger partial charge in [-0.05, 0) is 13.3 Å². The Morgan fingerprint density at radius 1 is 1.50 bits per heavy atom. The van der Waals surface area contributed by atoms with Crippen LogP contribution >= 0.6 is 0 Å². The molecule has 0 radical (unpaired) electrons. The van der Waals surface area contributed by atoms with Crippen LogP contribution in [0, 0.1) is 10.1 Å². The van der Waals surface area contributed by atoms with Crippen LogP contribution in [0.4, 0.5) is 11.5 Å². The van der Waals surface area contributed by atoms with Gasteiger partial charge in [0.15, 0.2) is 9.84 Å². The van der Waals surface area contributed by atoms with Crippen LogP contribution in [-0.4, -0.2) is 47.2 Å². The Kier molecular flexibility index (Phi) is 3.72. The first-order valence-corrected chi connectivity index (χ1v) is 8.16. The largest absolute Gasteiger partial charge is 0.349 e. The fourth-order valence-electron chi connectivity index (χ4n) is 2.48. The monoisotopic (exact) mass is 302 g/mol. The summed E-state index contributed by atoms with van der Waals surface area (Å²) in [4.78, 5) is 12.6. The standard InChI is InChI=1S/C11H18N4O4S/c1-4-9-10(15(16)17)11(13(3)12-9)14-5-6-20(18,19)8(2)7-14/h8H,4-7H2,1-3H3/t8-/m1/s1. The number of hydrogen-bond acceptors (Lipinski definition) is 6. The molecule has 0 unspecified atom stereocenters. The summed E-state index contributed by atoms with van der Waals surface area (Å²) in [6.45, 7) is 3.95. The molecule has 0 saturated carbocycles. The minimum atomic E-state index is -3.09. The lowest BCUT2D eigenvalue weighted by molar-refractivity contribution is -0.384. The Labute approximate surface area is 117 Å². The molecule has 112 valence electrons. The van der Waals surface area contributed by atoms with E-state index in [1.54, 1.807) is 18.9 Å². The molecule has 1 saturated heterocycles. The highest BCUT2D eigenvalue weighted by molar-refractivity contribution is 7.92. The summed E-state index contributed by atoms with van der Waals surface area (Å²) in [5.41, 5.74) is 0.412. The van der Waals surface area contributed by atoms with Gasteiger partial charge in [0.1, 0.15) is 5.69 Å². The number of nitro groups is 1. The van der Waals surface area contributed by atoms with Gasteiger partial charge in [0.25, 0.3) is 0 Å². The number of anilines is 1. The summed E-state index contributed by atoms with van der Waals surface area (Å²) in [5.74, 6) is 0.409. The van der Waals surface area contributed by atoms with Crippen molar-refractivity contribution >= 4 is 21.3 Å². The lowest BCUT2D eigenvalue weighted by atomic mass is 10.2. The molecular weight excluding hydrogens is 284 g/mol. The summed E-state index contributed by atoms with van der Waals surface area (Å²) >= 11 is 0. The average molecular weight is 302 g/mol. The molecule has 0 aromatic carbocycles. The molecular formula is C11H18N4O4S. The van der Waals surface area contributed by atoms with Gasteiger partial charge in [-0.1, -0.05) is 6.92 Å². The molecule has 1 aliphatic rings. The fraction of sp³-hybridized carbons (Fsp3) is 0.727. The number of aromatic nitrogens is 2. The summed E-state index contributed by atoms with van der Waals surface area (Å²) in [6, 6.07) is 0. The predicted molar refractivity (Wildman–Crippen MR) is 74.7 cm³/mol. The van der Waals surface area contributed by atoms with Gasteiger partial charge in [0, 0.05) is 20.1 Å². The van der Waals surface area contributed by atoms with E-state index in [-0.39, 0.29) is 24.5 Å². The van der Waals surface area contributed by atoms with Crippen molar-refractivity contribution in [2.45, 2.75) is 25.5 Å². The second-order valence-electron chi connectivity index (χ2n) is 4.98. The second-order valence-corrected chi connectivity index (χ2v) is 7.52. The fourth-order valence-corrected chi connectivity index (χ4v) is 3.77. The zero-order valence-corrected chi connectivity index (χ0v) is 12.6. The van der Waals surface area contributed by atoms with Crippen molar-refractivity contribution in [2.24, 2.45) is 7.05 Å². The first-order chi connectivity index (χ1) is 9.27. The molecule has 1 aromatic rings. The molecule has 2 rings (SSSR count). The van der Waals surface area contributed by atoms with E-state index in [1.807, 2.05) is 6.92 Å². The van der Waals surface area contributed by atoms with Crippen molar-refractivity contribution in [3.8, 4) is 0 Å². The molecule has 1 aliphatic heterocycles. The third-order valence-electron chi connectivity index (χ3n) is 3.62. The summed E-state index contributed by atoms with van der Waals surface area (Å²) in [7, 11) is -1.44. The van der Waals surface area contributed by atoms with Crippen LogP contribution in [0.3, 0.4) is 0 Å². The summed E-state index contributed by atoms with van der Waals surface area (Å²) in [5, 5.41) is 14.9. The quantitative estimate of drug-likeness (QED) is 0.596. The van der Waals surface area contributed by atoms with Crippen molar-refractivity contribution in [3.05, 3.63) is 15.8 Å². The molecule has 20 heavy (non-hydrogen) atoms. The minimum absolute atomic E-state index is 0.0119. The number of sulfone groups is 1. The molecule has 0 spiro atoms. The van der Waals surface area contributed by atoms with Crippen molar-refractivity contribution in [2.75, 3.05) is 23.7 Å². The van der Waals surface area contributed by atoms with E-state index >= 15 is 0 Å². The second kappa shape index (κ2) is 5.04. The Morgan fingerprint density at radius 3 is 2.65 bits per heavy atom. The summed E-state index contributed by atoms with van der Waals surface area (Å²) < 4.78 is 25.0.